The van der Waals surface area contributed by atoms with E-state index in [9.17, 15) is 14.4 Å². The molecule has 1 unspecified atom stereocenters. The largest absolute Gasteiger partial charge is 0.329 e. The van der Waals surface area contributed by atoms with Crippen LogP contribution in [0.5, 0.6) is 0 Å². The number of amides is 3. The summed E-state index contributed by atoms with van der Waals surface area (Å²) in [5.74, 6) is -0.259. The molecule has 1 heterocycles. The molecule has 2 rings (SSSR count). The molecule has 1 aromatic rings. The summed E-state index contributed by atoms with van der Waals surface area (Å²) in [7, 11) is 0. The van der Waals surface area contributed by atoms with Crippen LogP contribution in [0, 0.1) is 6.92 Å². The van der Waals surface area contributed by atoms with Crippen LogP contribution in [0.1, 0.15) is 49.3 Å². The van der Waals surface area contributed by atoms with Gasteiger partial charge in [0, 0.05) is 13.0 Å². The van der Waals surface area contributed by atoms with Crippen molar-refractivity contribution in [3.05, 3.63) is 34.9 Å². The summed E-state index contributed by atoms with van der Waals surface area (Å²) in [6.07, 6.45) is 1.35. The summed E-state index contributed by atoms with van der Waals surface area (Å²) in [5.41, 5.74) is 3.32. The summed E-state index contributed by atoms with van der Waals surface area (Å²) >= 11 is 0. The van der Waals surface area contributed by atoms with Crippen LogP contribution in [-0.4, -0.2) is 29.2 Å². The molecule has 1 atom stereocenters. The van der Waals surface area contributed by atoms with Gasteiger partial charge in [-0.15, -0.1) is 0 Å². The van der Waals surface area contributed by atoms with Gasteiger partial charge in [0.05, 0.1) is 0 Å². The van der Waals surface area contributed by atoms with Gasteiger partial charge in [-0.05, 0) is 36.0 Å². The van der Waals surface area contributed by atoms with E-state index >= 15 is 0 Å². The second-order valence-electron chi connectivity index (χ2n) is 6.09. The first-order valence-corrected chi connectivity index (χ1v) is 7.56. The molecule has 5 nitrogen and oxygen atoms in total. The number of rotatable bonds is 5. The van der Waals surface area contributed by atoms with Crippen molar-refractivity contribution in [2.45, 2.75) is 52.1 Å². The first-order valence-electron chi connectivity index (χ1n) is 7.56. The van der Waals surface area contributed by atoms with Crippen LogP contribution in [0.25, 0.3) is 0 Å². The number of aryl methyl sites for hydroxylation is 1. The van der Waals surface area contributed by atoms with Gasteiger partial charge in [0.25, 0.3) is 0 Å². The fourth-order valence-corrected chi connectivity index (χ4v) is 2.64. The van der Waals surface area contributed by atoms with Crippen molar-refractivity contribution >= 4 is 18.2 Å². The number of benzene rings is 1. The second-order valence-corrected chi connectivity index (χ2v) is 6.09. The number of hydrogen-bond acceptors (Lipinski definition) is 3. The zero-order valence-corrected chi connectivity index (χ0v) is 13.3. The highest BCUT2D eigenvalue weighted by Gasteiger charge is 2.31. The Balaban J connectivity index is 2.20. The second kappa shape index (κ2) is 6.73. The molecule has 0 radical (unpaired) electrons. The Morgan fingerprint density at radius 2 is 2.09 bits per heavy atom. The van der Waals surface area contributed by atoms with Gasteiger partial charge in [-0.2, -0.15) is 0 Å². The Kier molecular flexibility index (Phi) is 4.96. The van der Waals surface area contributed by atoms with Crippen molar-refractivity contribution in [1.29, 1.82) is 0 Å². The molecule has 1 aliphatic heterocycles. The van der Waals surface area contributed by atoms with E-state index in [1.807, 2.05) is 13.0 Å². The molecule has 5 heteroatoms. The summed E-state index contributed by atoms with van der Waals surface area (Å²) in [6.45, 7) is 6.60. The van der Waals surface area contributed by atoms with Gasteiger partial charge in [0.1, 0.15) is 6.04 Å². The van der Waals surface area contributed by atoms with Gasteiger partial charge in [0.2, 0.25) is 18.2 Å². The Bertz CT molecular complexity index is 596. The molecule has 1 aromatic carbocycles. The molecule has 1 aliphatic rings. The van der Waals surface area contributed by atoms with E-state index in [0.29, 0.717) is 25.3 Å². The quantitative estimate of drug-likeness (QED) is 0.667. The number of carbonyl (C=O) groups excluding carboxylic acids is 3. The molecule has 22 heavy (non-hydrogen) atoms. The van der Waals surface area contributed by atoms with Crippen LogP contribution in [0.4, 0.5) is 0 Å². The lowest BCUT2D eigenvalue weighted by Gasteiger charge is -2.30. The lowest BCUT2D eigenvalue weighted by atomic mass is 9.97. The summed E-state index contributed by atoms with van der Waals surface area (Å²) in [4.78, 5) is 36.1. The van der Waals surface area contributed by atoms with Crippen molar-refractivity contribution in [3.63, 3.8) is 0 Å². The van der Waals surface area contributed by atoms with Gasteiger partial charge >= 0.3 is 0 Å². The molecule has 3 amide bonds. The number of carbonyl (C=O) groups is 3. The zero-order valence-electron chi connectivity index (χ0n) is 13.3. The number of imide groups is 1. The maximum atomic E-state index is 11.9. The number of hydrogen-bond donors (Lipinski definition) is 1. The highest BCUT2D eigenvalue weighted by molar-refractivity contribution is 6.00. The third kappa shape index (κ3) is 3.53. The van der Waals surface area contributed by atoms with E-state index in [-0.39, 0.29) is 18.2 Å². The molecule has 0 bridgehead atoms. The molecule has 118 valence electrons. The van der Waals surface area contributed by atoms with E-state index in [1.165, 1.54) is 10.5 Å². The van der Waals surface area contributed by atoms with Crippen molar-refractivity contribution in [2.75, 3.05) is 0 Å². The summed E-state index contributed by atoms with van der Waals surface area (Å²) in [5, 5.41) is 2.30. The predicted octanol–water partition coefficient (Wildman–Crippen LogP) is 1.88. The average Bonchev–Trinajstić information content (AvgIpc) is 2.47. The highest BCUT2D eigenvalue weighted by Crippen LogP contribution is 2.21. The van der Waals surface area contributed by atoms with Crippen molar-refractivity contribution in [3.8, 4) is 0 Å². The molecule has 0 saturated carbocycles. The number of nitrogens with one attached hydrogen (secondary N) is 1. The molecule has 0 spiro atoms. The first-order chi connectivity index (χ1) is 10.4. The summed E-state index contributed by atoms with van der Waals surface area (Å²) in [6, 6.07) is 5.64. The predicted molar refractivity (Wildman–Crippen MR) is 83.0 cm³/mol. The van der Waals surface area contributed by atoms with Crippen LogP contribution >= 0.6 is 0 Å². The minimum atomic E-state index is -0.572. The van der Waals surface area contributed by atoms with E-state index in [1.54, 1.807) is 0 Å². The van der Waals surface area contributed by atoms with Crippen LogP contribution in [0.15, 0.2) is 18.2 Å². The fourth-order valence-electron chi connectivity index (χ4n) is 2.64. The minimum absolute atomic E-state index is 0.270. The lowest BCUT2D eigenvalue weighted by molar-refractivity contribution is -0.141. The number of piperidine rings is 1. The van der Waals surface area contributed by atoms with Crippen LogP contribution in [0.2, 0.25) is 0 Å². The standard InChI is InChI=1S/C17H22N2O3/c1-11(2)13-5-4-12(3)14(8-13)9-19(10-20)15-6-7-16(21)18-17(15)22/h4-5,8,10-11,15H,6-7,9H2,1-3H3,(H,18,21,22). The molecule has 1 saturated heterocycles. The normalized spacial score (nSPS) is 18.3. The maximum absolute atomic E-state index is 11.9. The third-order valence-electron chi connectivity index (χ3n) is 4.14. The van der Waals surface area contributed by atoms with Crippen LogP contribution in [-0.2, 0) is 20.9 Å². The van der Waals surface area contributed by atoms with Gasteiger partial charge in [0.15, 0.2) is 0 Å². The Morgan fingerprint density at radius 1 is 1.36 bits per heavy atom. The first kappa shape index (κ1) is 16.2. The average molecular weight is 302 g/mol. The monoisotopic (exact) mass is 302 g/mol. The van der Waals surface area contributed by atoms with Crippen LogP contribution < -0.4 is 5.32 Å². The van der Waals surface area contributed by atoms with Gasteiger partial charge in [-0.3, -0.25) is 19.7 Å². The maximum Gasteiger partial charge on any atom is 0.249 e. The SMILES string of the molecule is Cc1ccc(C(C)C)cc1CN(C=O)C1CCC(=O)NC1=O. The Labute approximate surface area is 130 Å². The van der Waals surface area contributed by atoms with Gasteiger partial charge in [-0.25, -0.2) is 0 Å². The fraction of sp³-hybridized carbons (Fsp3) is 0.471. The lowest BCUT2D eigenvalue weighted by Crippen LogP contribution is -2.51. The van der Waals surface area contributed by atoms with Gasteiger partial charge < -0.3 is 4.90 Å². The van der Waals surface area contributed by atoms with Crippen molar-refractivity contribution in [1.82, 2.24) is 10.2 Å². The molecular weight excluding hydrogens is 280 g/mol. The minimum Gasteiger partial charge on any atom is -0.329 e. The topological polar surface area (TPSA) is 66.5 Å². The van der Waals surface area contributed by atoms with E-state index < -0.39 is 6.04 Å². The highest BCUT2D eigenvalue weighted by atomic mass is 16.2. The smallest absolute Gasteiger partial charge is 0.249 e. The van der Waals surface area contributed by atoms with E-state index in [0.717, 1.165) is 11.1 Å². The zero-order chi connectivity index (χ0) is 16.3. The number of nitrogens with zero attached hydrogens (tertiary/aromatic N) is 1. The molecule has 0 aliphatic carbocycles. The van der Waals surface area contributed by atoms with E-state index in [2.05, 4.69) is 31.3 Å². The van der Waals surface area contributed by atoms with Crippen molar-refractivity contribution in [2.24, 2.45) is 0 Å². The van der Waals surface area contributed by atoms with Crippen LogP contribution in [0.3, 0.4) is 0 Å². The molecular formula is C17H22N2O3. The summed E-state index contributed by atoms with van der Waals surface area (Å²) < 4.78 is 0. The van der Waals surface area contributed by atoms with E-state index in [4.69, 9.17) is 0 Å². The Hall–Kier alpha value is -2.17. The van der Waals surface area contributed by atoms with Crippen molar-refractivity contribution < 1.29 is 14.4 Å². The van der Waals surface area contributed by atoms with Gasteiger partial charge in [-0.1, -0.05) is 32.0 Å². The Morgan fingerprint density at radius 3 is 2.68 bits per heavy atom. The molecule has 1 fully saturated rings. The molecule has 1 N–H and O–H groups in total. The molecule has 0 aromatic heterocycles. The third-order valence-corrected chi connectivity index (χ3v) is 4.14.